The Morgan fingerprint density at radius 2 is 1.96 bits per heavy atom. The summed E-state index contributed by atoms with van der Waals surface area (Å²) in [5.41, 5.74) is 10.3. The lowest BCUT2D eigenvalue weighted by Gasteiger charge is -2.14. The van der Waals surface area contributed by atoms with Gasteiger partial charge in [-0.1, -0.05) is 12.1 Å². The summed E-state index contributed by atoms with van der Waals surface area (Å²) in [6, 6.07) is 13.4. The van der Waals surface area contributed by atoms with Gasteiger partial charge in [-0.05, 0) is 39.0 Å². The lowest BCUT2D eigenvalue weighted by Crippen LogP contribution is -2.10. The van der Waals surface area contributed by atoms with Crippen LogP contribution in [0.3, 0.4) is 0 Å². The zero-order valence-electron chi connectivity index (χ0n) is 14.9. The van der Waals surface area contributed by atoms with Gasteiger partial charge in [0.1, 0.15) is 17.5 Å². The molecule has 0 saturated carbocycles. The summed E-state index contributed by atoms with van der Waals surface area (Å²) in [7, 11) is 0. The van der Waals surface area contributed by atoms with Crippen LogP contribution in [0, 0.1) is 18.3 Å². The van der Waals surface area contributed by atoms with Crippen molar-refractivity contribution >= 4 is 17.2 Å². The van der Waals surface area contributed by atoms with Crippen LogP contribution in [0.4, 0.5) is 17.2 Å². The SMILES string of the molecule is Cc1cc(-c2ccc(Nc3cc(N)c(C#N)c(OC(C)C)n3)cc2)n[nH]1. The number of nitrogen functional groups attached to an aromatic ring is 1. The van der Waals surface area contributed by atoms with Crippen LogP contribution >= 0.6 is 0 Å². The number of aromatic nitrogens is 3. The highest BCUT2D eigenvalue weighted by molar-refractivity contribution is 5.69. The van der Waals surface area contributed by atoms with E-state index < -0.39 is 0 Å². The molecule has 0 atom stereocenters. The Hall–Kier alpha value is -3.53. The fourth-order valence-corrected chi connectivity index (χ4v) is 2.46. The highest BCUT2D eigenvalue weighted by Crippen LogP contribution is 2.28. The number of rotatable bonds is 5. The third-order valence-corrected chi connectivity index (χ3v) is 3.63. The van der Waals surface area contributed by atoms with Crippen LogP contribution < -0.4 is 15.8 Å². The van der Waals surface area contributed by atoms with E-state index in [-0.39, 0.29) is 17.5 Å². The minimum atomic E-state index is -0.110. The van der Waals surface area contributed by atoms with E-state index in [0.29, 0.717) is 11.5 Å². The lowest BCUT2D eigenvalue weighted by atomic mass is 10.1. The number of aryl methyl sites for hydroxylation is 1. The van der Waals surface area contributed by atoms with Gasteiger partial charge >= 0.3 is 0 Å². The molecule has 132 valence electrons. The Balaban J connectivity index is 1.84. The molecule has 0 spiro atoms. The van der Waals surface area contributed by atoms with Crippen LogP contribution in [0.5, 0.6) is 5.88 Å². The second-order valence-electron chi connectivity index (χ2n) is 6.19. The number of pyridine rings is 1. The van der Waals surface area contributed by atoms with Crippen molar-refractivity contribution in [3.63, 3.8) is 0 Å². The van der Waals surface area contributed by atoms with E-state index in [0.717, 1.165) is 22.6 Å². The number of hydrogen-bond donors (Lipinski definition) is 3. The summed E-state index contributed by atoms with van der Waals surface area (Å²) in [6.07, 6.45) is -0.110. The molecule has 2 aromatic heterocycles. The van der Waals surface area contributed by atoms with Crippen LogP contribution in [0.2, 0.25) is 0 Å². The Bertz CT molecular complexity index is 953. The van der Waals surface area contributed by atoms with E-state index in [9.17, 15) is 5.26 Å². The second kappa shape index (κ2) is 7.15. The van der Waals surface area contributed by atoms with E-state index in [4.69, 9.17) is 10.5 Å². The fourth-order valence-electron chi connectivity index (χ4n) is 2.46. The van der Waals surface area contributed by atoms with Gasteiger partial charge in [-0.25, -0.2) is 0 Å². The first kappa shape index (κ1) is 17.3. The average molecular weight is 348 g/mol. The number of nitrogens with zero attached hydrogens (tertiary/aromatic N) is 3. The molecule has 0 amide bonds. The third-order valence-electron chi connectivity index (χ3n) is 3.63. The number of nitrogens with one attached hydrogen (secondary N) is 2. The molecule has 0 bridgehead atoms. The molecule has 0 saturated heterocycles. The number of aromatic amines is 1. The van der Waals surface area contributed by atoms with Crippen molar-refractivity contribution in [3.8, 4) is 23.2 Å². The molecule has 3 aromatic rings. The standard InChI is InChI=1S/C19H20N6O/c1-11(2)26-19-15(10-20)16(21)9-18(23-19)22-14-6-4-13(5-7-14)17-8-12(3)24-25-17/h4-9,11H,1-3H3,(H,24,25)(H3,21,22,23). The van der Waals surface area contributed by atoms with Crippen LogP contribution in [-0.2, 0) is 0 Å². The molecule has 4 N–H and O–H groups in total. The molecule has 26 heavy (non-hydrogen) atoms. The van der Waals surface area contributed by atoms with Gasteiger partial charge < -0.3 is 15.8 Å². The monoisotopic (exact) mass is 348 g/mol. The lowest BCUT2D eigenvalue weighted by molar-refractivity contribution is 0.232. The molecule has 1 aromatic carbocycles. The summed E-state index contributed by atoms with van der Waals surface area (Å²) < 4.78 is 5.61. The number of benzene rings is 1. The maximum absolute atomic E-state index is 9.25. The predicted octanol–water partition coefficient (Wildman–Crippen LogP) is 3.76. The largest absolute Gasteiger partial charge is 0.474 e. The van der Waals surface area contributed by atoms with Crippen molar-refractivity contribution in [2.75, 3.05) is 11.1 Å². The van der Waals surface area contributed by atoms with Crippen molar-refractivity contribution in [2.24, 2.45) is 0 Å². The first-order valence-corrected chi connectivity index (χ1v) is 8.23. The summed E-state index contributed by atoms with van der Waals surface area (Å²) in [6.45, 7) is 5.70. The predicted molar refractivity (Wildman–Crippen MR) is 101 cm³/mol. The zero-order chi connectivity index (χ0) is 18.7. The minimum Gasteiger partial charge on any atom is -0.474 e. The molecular weight excluding hydrogens is 328 g/mol. The highest BCUT2D eigenvalue weighted by Gasteiger charge is 2.13. The van der Waals surface area contributed by atoms with Crippen LogP contribution in [0.15, 0.2) is 36.4 Å². The van der Waals surface area contributed by atoms with Gasteiger partial charge in [0.15, 0.2) is 0 Å². The first-order valence-electron chi connectivity index (χ1n) is 8.23. The first-order chi connectivity index (χ1) is 12.5. The molecule has 3 rings (SSSR count). The molecule has 0 radical (unpaired) electrons. The molecule has 7 nitrogen and oxygen atoms in total. The van der Waals surface area contributed by atoms with Crippen molar-refractivity contribution in [3.05, 3.63) is 47.7 Å². The van der Waals surface area contributed by atoms with E-state index >= 15 is 0 Å². The van der Waals surface area contributed by atoms with Gasteiger partial charge in [0.25, 0.3) is 0 Å². The number of ether oxygens (including phenoxy) is 1. The van der Waals surface area contributed by atoms with Gasteiger partial charge in [-0.2, -0.15) is 15.3 Å². The fraction of sp³-hybridized carbons (Fsp3) is 0.211. The normalized spacial score (nSPS) is 10.6. The third kappa shape index (κ3) is 3.75. The van der Waals surface area contributed by atoms with E-state index in [1.165, 1.54) is 0 Å². The molecule has 0 unspecified atom stereocenters. The number of hydrogen-bond acceptors (Lipinski definition) is 6. The topological polar surface area (TPSA) is 113 Å². The average Bonchev–Trinajstić information content (AvgIpc) is 3.01. The van der Waals surface area contributed by atoms with Crippen molar-refractivity contribution in [1.82, 2.24) is 15.2 Å². The second-order valence-corrected chi connectivity index (χ2v) is 6.19. The summed E-state index contributed by atoms with van der Waals surface area (Å²) in [5, 5.41) is 19.6. The smallest absolute Gasteiger partial charge is 0.236 e. The van der Waals surface area contributed by atoms with Crippen LogP contribution in [-0.4, -0.2) is 21.3 Å². The Kier molecular flexibility index (Phi) is 4.76. The van der Waals surface area contributed by atoms with E-state index in [2.05, 4.69) is 20.5 Å². The van der Waals surface area contributed by atoms with E-state index in [1.54, 1.807) is 6.07 Å². The maximum Gasteiger partial charge on any atom is 0.236 e. The van der Waals surface area contributed by atoms with Gasteiger partial charge in [0, 0.05) is 23.0 Å². The van der Waals surface area contributed by atoms with Crippen molar-refractivity contribution < 1.29 is 4.74 Å². The zero-order valence-corrected chi connectivity index (χ0v) is 14.9. The van der Waals surface area contributed by atoms with Crippen molar-refractivity contribution in [2.45, 2.75) is 26.9 Å². The van der Waals surface area contributed by atoms with Gasteiger partial charge in [-0.3, -0.25) is 5.10 Å². The Labute approximate surface area is 151 Å². The Morgan fingerprint density at radius 3 is 2.54 bits per heavy atom. The van der Waals surface area contributed by atoms with Crippen LogP contribution in [0.1, 0.15) is 25.1 Å². The number of nitrogens with two attached hydrogens (primary N) is 1. The summed E-state index contributed by atoms with van der Waals surface area (Å²) in [5.74, 6) is 0.745. The minimum absolute atomic E-state index is 0.110. The highest BCUT2D eigenvalue weighted by atomic mass is 16.5. The maximum atomic E-state index is 9.25. The van der Waals surface area contributed by atoms with Gasteiger partial charge in [0.2, 0.25) is 5.88 Å². The molecule has 7 heteroatoms. The molecule has 0 fully saturated rings. The Morgan fingerprint density at radius 1 is 1.23 bits per heavy atom. The molecule has 0 aliphatic rings. The van der Waals surface area contributed by atoms with E-state index in [1.807, 2.05) is 57.2 Å². The van der Waals surface area contributed by atoms with Gasteiger partial charge in [0.05, 0.1) is 17.5 Å². The quantitative estimate of drug-likeness (QED) is 0.647. The van der Waals surface area contributed by atoms with Gasteiger partial charge in [-0.15, -0.1) is 0 Å². The number of anilines is 3. The molecule has 0 aliphatic heterocycles. The van der Waals surface area contributed by atoms with Crippen molar-refractivity contribution in [1.29, 1.82) is 5.26 Å². The summed E-state index contributed by atoms with van der Waals surface area (Å²) in [4.78, 5) is 4.37. The van der Waals surface area contributed by atoms with Crippen LogP contribution in [0.25, 0.3) is 11.3 Å². The summed E-state index contributed by atoms with van der Waals surface area (Å²) >= 11 is 0. The number of H-pyrrole nitrogens is 1. The molecular formula is C19H20N6O. The number of nitriles is 1. The molecule has 0 aliphatic carbocycles. The molecule has 2 heterocycles.